The minimum absolute atomic E-state index is 0.0214. The molecular weight excluding hydrogens is 390 g/mol. The highest BCUT2D eigenvalue weighted by Gasteiger charge is 2.22. The number of nitro benzene ring substituents is 1. The summed E-state index contributed by atoms with van der Waals surface area (Å²) in [6, 6.07) is 13.1. The van der Waals surface area contributed by atoms with Crippen LogP contribution in [0.1, 0.15) is 28.9 Å². The zero-order valence-electron chi connectivity index (χ0n) is 17.2. The van der Waals surface area contributed by atoms with Gasteiger partial charge in [0.25, 0.3) is 11.6 Å². The zero-order chi connectivity index (χ0) is 22.1. The lowest BCUT2D eigenvalue weighted by Gasteiger charge is -2.25. The minimum Gasteiger partial charge on any atom is -0.452 e. The van der Waals surface area contributed by atoms with Crippen LogP contribution in [0.3, 0.4) is 0 Å². The van der Waals surface area contributed by atoms with Crippen molar-refractivity contribution in [2.75, 3.05) is 39.2 Å². The first-order valence-corrected chi connectivity index (χ1v) is 9.34. The van der Waals surface area contributed by atoms with E-state index in [0.717, 1.165) is 11.6 Å². The highest BCUT2D eigenvalue weighted by molar-refractivity contribution is 5.97. The Balaban J connectivity index is 2.07. The number of nitro groups is 1. The Morgan fingerprint density at radius 1 is 1.20 bits per heavy atom. The van der Waals surface area contributed by atoms with Crippen LogP contribution in [-0.4, -0.2) is 55.6 Å². The van der Waals surface area contributed by atoms with Crippen molar-refractivity contribution in [2.45, 2.75) is 13.0 Å². The third-order valence-electron chi connectivity index (χ3n) is 4.64. The first kappa shape index (κ1) is 22.8. The molecule has 0 unspecified atom stereocenters. The predicted molar refractivity (Wildman–Crippen MR) is 111 cm³/mol. The molecule has 2 aromatic rings. The Hall–Kier alpha value is -3.46. The van der Waals surface area contributed by atoms with Crippen molar-refractivity contribution in [3.05, 3.63) is 69.8 Å². The Bertz CT molecular complexity index is 888. The quantitative estimate of drug-likeness (QED) is 0.275. The fraction of sp³-hybridized carbons (Fsp3) is 0.333. The highest BCUT2D eigenvalue weighted by Crippen LogP contribution is 2.23. The molecule has 9 heteroatoms. The third-order valence-corrected chi connectivity index (χ3v) is 4.64. The molecule has 9 nitrogen and oxygen atoms in total. The number of methoxy groups -OCH3 is 1. The van der Waals surface area contributed by atoms with Gasteiger partial charge in [0.2, 0.25) is 0 Å². The Morgan fingerprint density at radius 2 is 1.90 bits per heavy atom. The second kappa shape index (κ2) is 10.9. The number of hydrogen-bond donors (Lipinski definition) is 1. The lowest BCUT2D eigenvalue weighted by molar-refractivity contribution is -0.384. The molecule has 0 saturated heterocycles. The van der Waals surface area contributed by atoms with E-state index < -0.39 is 17.5 Å². The minimum atomic E-state index is -0.826. The van der Waals surface area contributed by atoms with Gasteiger partial charge in [0, 0.05) is 38.5 Å². The van der Waals surface area contributed by atoms with Gasteiger partial charge < -0.3 is 19.7 Å². The van der Waals surface area contributed by atoms with Gasteiger partial charge in [-0.25, -0.2) is 4.79 Å². The van der Waals surface area contributed by atoms with Crippen molar-refractivity contribution in [1.29, 1.82) is 0 Å². The standard InChI is InChI=1S/C21H25N3O6/c1-15(16-7-5-4-6-8-16)23(2)20(25)14-30-21(26)18-13-17(24(27)28)9-10-19(18)22-11-12-29-3/h4-10,13,15,22H,11-12,14H2,1-3H3/t15-/m1/s1. The maximum absolute atomic E-state index is 12.6. The van der Waals surface area contributed by atoms with E-state index >= 15 is 0 Å². The fourth-order valence-corrected chi connectivity index (χ4v) is 2.73. The summed E-state index contributed by atoms with van der Waals surface area (Å²) in [6.45, 7) is 2.16. The van der Waals surface area contributed by atoms with Crippen LogP contribution in [0.2, 0.25) is 0 Å². The van der Waals surface area contributed by atoms with Gasteiger partial charge in [0.05, 0.1) is 23.1 Å². The summed E-state index contributed by atoms with van der Waals surface area (Å²) in [5, 5.41) is 14.0. The van der Waals surface area contributed by atoms with Crippen LogP contribution >= 0.6 is 0 Å². The normalized spacial score (nSPS) is 11.4. The summed E-state index contributed by atoms with van der Waals surface area (Å²) in [5.41, 5.74) is 1.04. The van der Waals surface area contributed by atoms with Gasteiger partial charge in [-0.3, -0.25) is 14.9 Å². The van der Waals surface area contributed by atoms with Gasteiger partial charge >= 0.3 is 5.97 Å². The van der Waals surface area contributed by atoms with Crippen LogP contribution in [0.4, 0.5) is 11.4 Å². The first-order valence-electron chi connectivity index (χ1n) is 9.34. The van der Waals surface area contributed by atoms with E-state index in [1.807, 2.05) is 37.3 Å². The average molecular weight is 415 g/mol. The van der Waals surface area contributed by atoms with E-state index in [1.165, 1.54) is 24.1 Å². The number of likely N-dealkylation sites (N-methyl/N-ethyl adjacent to an activating group) is 1. The molecule has 0 radical (unpaired) electrons. The summed E-state index contributed by atoms with van der Waals surface area (Å²) >= 11 is 0. The number of carbonyl (C=O) groups excluding carboxylic acids is 2. The Labute approximate surface area is 174 Å². The SMILES string of the molecule is COCCNc1ccc([N+](=O)[O-])cc1C(=O)OCC(=O)N(C)[C@H](C)c1ccccc1. The van der Waals surface area contributed by atoms with E-state index in [2.05, 4.69) is 5.32 Å². The molecular formula is C21H25N3O6. The van der Waals surface area contributed by atoms with E-state index in [0.29, 0.717) is 18.8 Å². The second-order valence-electron chi connectivity index (χ2n) is 6.57. The molecule has 1 amide bonds. The molecule has 1 atom stereocenters. The molecule has 0 spiro atoms. The summed E-state index contributed by atoms with van der Waals surface area (Å²) in [7, 11) is 3.16. The lowest BCUT2D eigenvalue weighted by atomic mass is 10.1. The number of anilines is 1. The lowest BCUT2D eigenvalue weighted by Crippen LogP contribution is -2.33. The van der Waals surface area contributed by atoms with Crippen molar-refractivity contribution in [2.24, 2.45) is 0 Å². The van der Waals surface area contributed by atoms with Crippen molar-refractivity contribution in [1.82, 2.24) is 4.90 Å². The summed E-state index contributed by atoms with van der Waals surface area (Å²) in [6.07, 6.45) is 0. The molecule has 160 valence electrons. The number of nitrogens with one attached hydrogen (secondary N) is 1. The van der Waals surface area contributed by atoms with Gasteiger partial charge in [0.1, 0.15) is 0 Å². The number of rotatable bonds is 10. The number of carbonyl (C=O) groups is 2. The Morgan fingerprint density at radius 3 is 2.53 bits per heavy atom. The molecule has 1 N–H and O–H groups in total. The number of hydrogen-bond acceptors (Lipinski definition) is 7. The van der Waals surface area contributed by atoms with Crippen LogP contribution < -0.4 is 5.32 Å². The van der Waals surface area contributed by atoms with E-state index in [1.54, 1.807) is 7.05 Å². The number of benzene rings is 2. The average Bonchev–Trinajstić information content (AvgIpc) is 2.76. The summed E-state index contributed by atoms with van der Waals surface area (Å²) < 4.78 is 10.1. The van der Waals surface area contributed by atoms with Gasteiger partial charge in [-0.05, 0) is 18.6 Å². The van der Waals surface area contributed by atoms with Crippen molar-refractivity contribution in [3.63, 3.8) is 0 Å². The molecule has 0 aliphatic heterocycles. The molecule has 0 aliphatic rings. The molecule has 2 aromatic carbocycles. The van der Waals surface area contributed by atoms with Crippen LogP contribution in [0.25, 0.3) is 0 Å². The molecule has 0 aliphatic carbocycles. The molecule has 30 heavy (non-hydrogen) atoms. The van der Waals surface area contributed by atoms with E-state index in [9.17, 15) is 19.7 Å². The van der Waals surface area contributed by atoms with Crippen LogP contribution in [-0.2, 0) is 14.3 Å². The van der Waals surface area contributed by atoms with E-state index in [4.69, 9.17) is 9.47 Å². The molecule has 2 rings (SSSR count). The van der Waals surface area contributed by atoms with Crippen molar-refractivity contribution >= 4 is 23.3 Å². The number of amides is 1. The van der Waals surface area contributed by atoms with Crippen LogP contribution in [0.15, 0.2) is 48.5 Å². The fourth-order valence-electron chi connectivity index (χ4n) is 2.73. The topological polar surface area (TPSA) is 111 Å². The third kappa shape index (κ3) is 6.02. The molecule has 0 saturated carbocycles. The number of nitrogens with zero attached hydrogens (tertiary/aromatic N) is 2. The van der Waals surface area contributed by atoms with Gasteiger partial charge in [0.15, 0.2) is 6.61 Å². The monoisotopic (exact) mass is 415 g/mol. The van der Waals surface area contributed by atoms with Crippen LogP contribution in [0, 0.1) is 10.1 Å². The first-order chi connectivity index (χ1) is 14.3. The Kier molecular flexibility index (Phi) is 8.30. The summed E-state index contributed by atoms with van der Waals surface area (Å²) in [5.74, 6) is -1.22. The highest BCUT2D eigenvalue weighted by atomic mass is 16.6. The van der Waals surface area contributed by atoms with Gasteiger partial charge in [-0.1, -0.05) is 30.3 Å². The maximum atomic E-state index is 12.6. The molecule has 0 heterocycles. The molecule has 0 bridgehead atoms. The van der Waals surface area contributed by atoms with Crippen LogP contribution in [0.5, 0.6) is 0 Å². The summed E-state index contributed by atoms with van der Waals surface area (Å²) in [4.78, 5) is 37.0. The number of ether oxygens (including phenoxy) is 2. The van der Waals surface area contributed by atoms with Crippen molar-refractivity contribution < 1.29 is 24.0 Å². The second-order valence-corrected chi connectivity index (χ2v) is 6.57. The molecule has 0 fully saturated rings. The maximum Gasteiger partial charge on any atom is 0.341 e. The van der Waals surface area contributed by atoms with Gasteiger partial charge in [-0.2, -0.15) is 0 Å². The van der Waals surface area contributed by atoms with E-state index in [-0.39, 0.29) is 23.2 Å². The van der Waals surface area contributed by atoms with Crippen molar-refractivity contribution in [3.8, 4) is 0 Å². The smallest absolute Gasteiger partial charge is 0.341 e. The number of esters is 1. The largest absolute Gasteiger partial charge is 0.452 e. The molecule has 0 aromatic heterocycles. The van der Waals surface area contributed by atoms with Gasteiger partial charge in [-0.15, -0.1) is 0 Å². The number of non-ortho nitro benzene ring substituents is 1. The zero-order valence-corrected chi connectivity index (χ0v) is 17.2. The predicted octanol–water partition coefficient (Wildman–Crippen LogP) is 3.03.